The smallest absolute Gasteiger partial charge is 0.276 e. The largest absolute Gasteiger partial charge is 0.318 e. The van der Waals surface area contributed by atoms with Gasteiger partial charge in [-0.1, -0.05) is 24.6 Å². The minimum Gasteiger partial charge on any atom is -0.318 e. The van der Waals surface area contributed by atoms with Crippen molar-refractivity contribution in [3.8, 4) is 5.69 Å². The van der Waals surface area contributed by atoms with E-state index >= 15 is 0 Å². The molecule has 3 aromatic rings. The minimum absolute atomic E-state index is 0.162. The molecule has 2 aromatic heterocycles. The first-order valence-corrected chi connectivity index (χ1v) is 10.3. The van der Waals surface area contributed by atoms with E-state index in [2.05, 4.69) is 15.3 Å². The predicted molar refractivity (Wildman–Crippen MR) is 114 cm³/mol. The highest BCUT2D eigenvalue weighted by Gasteiger charge is 2.25. The number of hydrogen-bond acceptors (Lipinski definition) is 4. The summed E-state index contributed by atoms with van der Waals surface area (Å²) in [7, 11) is 4.06. The first-order chi connectivity index (χ1) is 14.1. The van der Waals surface area contributed by atoms with E-state index in [4.69, 9.17) is 5.10 Å². The number of carbonyl (C=O) groups excluding carboxylic acids is 1. The van der Waals surface area contributed by atoms with Gasteiger partial charge in [0.25, 0.3) is 5.91 Å². The van der Waals surface area contributed by atoms with E-state index < -0.39 is 0 Å². The summed E-state index contributed by atoms with van der Waals surface area (Å²) in [6.07, 6.45) is 8.82. The quantitative estimate of drug-likeness (QED) is 0.655. The van der Waals surface area contributed by atoms with Crippen molar-refractivity contribution >= 4 is 11.6 Å². The molecule has 0 saturated heterocycles. The van der Waals surface area contributed by atoms with Gasteiger partial charge in [-0.3, -0.25) is 9.48 Å². The molecule has 1 amide bonds. The third-order valence-corrected chi connectivity index (χ3v) is 5.31. The molecule has 29 heavy (non-hydrogen) atoms. The highest BCUT2D eigenvalue weighted by atomic mass is 16.2. The zero-order valence-electron chi connectivity index (χ0n) is 17.1. The summed E-state index contributed by atoms with van der Waals surface area (Å²) in [5.74, 6) is -0.162. The Labute approximate surface area is 171 Å². The van der Waals surface area contributed by atoms with E-state index in [0.29, 0.717) is 11.4 Å². The SMILES string of the molecule is CN(C)CCn1cc(NC(=O)c2nn(-c3ccccc3)c3c2CCCCC3)cn1. The molecule has 1 aliphatic rings. The summed E-state index contributed by atoms with van der Waals surface area (Å²) in [6.45, 7) is 1.67. The van der Waals surface area contributed by atoms with Gasteiger partial charge in [-0.05, 0) is 51.9 Å². The zero-order valence-corrected chi connectivity index (χ0v) is 17.1. The summed E-state index contributed by atoms with van der Waals surface area (Å²) in [5, 5.41) is 12.1. The third kappa shape index (κ3) is 4.40. The molecule has 2 heterocycles. The van der Waals surface area contributed by atoms with Gasteiger partial charge in [0.2, 0.25) is 0 Å². The molecule has 1 aliphatic carbocycles. The van der Waals surface area contributed by atoms with E-state index in [-0.39, 0.29) is 5.91 Å². The second-order valence-corrected chi connectivity index (χ2v) is 7.83. The van der Waals surface area contributed by atoms with Crippen LogP contribution in [0.5, 0.6) is 0 Å². The van der Waals surface area contributed by atoms with Gasteiger partial charge in [-0.15, -0.1) is 0 Å². The number of benzene rings is 1. The molecule has 152 valence electrons. The molecular weight excluding hydrogens is 364 g/mol. The monoisotopic (exact) mass is 392 g/mol. The number of nitrogens with one attached hydrogen (secondary N) is 1. The first kappa shape index (κ1) is 19.4. The van der Waals surface area contributed by atoms with E-state index in [1.807, 2.05) is 60.0 Å². The van der Waals surface area contributed by atoms with Crippen LogP contribution in [0.25, 0.3) is 5.69 Å². The molecule has 0 fully saturated rings. The molecule has 0 aliphatic heterocycles. The molecule has 0 spiro atoms. The Morgan fingerprint density at radius 1 is 1.14 bits per heavy atom. The fourth-order valence-electron chi connectivity index (χ4n) is 3.78. The van der Waals surface area contributed by atoms with E-state index in [0.717, 1.165) is 50.0 Å². The Kier molecular flexibility index (Phi) is 5.76. The Balaban J connectivity index is 1.59. The van der Waals surface area contributed by atoms with Crippen LogP contribution in [0.4, 0.5) is 5.69 Å². The number of rotatable bonds is 6. The Bertz CT molecular complexity index is 973. The van der Waals surface area contributed by atoms with Gasteiger partial charge in [0.1, 0.15) is 0 Å². The van der Waals surface area contributed by atoms with Crippen molar-refractivity contribution in [3.63, 3.8) is 0 Å². The zero-order chi connectivity index (χ0) is 20.2. The molecule has 4 rings (SSSR count). The lowest BCUT2D eigenvalue weighted by molar-refractivity contribution is 0.102. The van der Waals surface area contributed by atoms with Crippen molar-refractivity contribution in [1.29, 1.82) is 0 Å². The summed E-state index contributed by atoms with van der Waals surface area (Å²) in [4.78, 5) is 15.2. The van der Waals surface area contributed by atoms with Gasteiger partial charge in [0, 0.05) is 24.0 Å². The van der Waals surface area contributed by atoms with Crippen LogP contribution in [0.3, 0.4) is 0 Å². The summed E-state index contributed by atoms with van der Waals surface area (Å²) < 4.78 is 3.80. The van der Waals surface area contributed by atoms with Gasteiger partial charge in [0.05, 0.1) is 24.1 Å². The molecule has 7 heteroatoms. The number of anilines is 1. The Morgan fingerprint density at radius 3 is 2.72 bits per heavy atom. The molecule has 0 atom stereocenters. The topological polar surface area (TPSA) is 68.0 Å². The number of amides is 1. The number of fused-ring (bicyclic) bond motifs is 1. The van der Waals surface area contributed by atoms with Crippen molar-refractivity contribution in [1.82, 2.24) is 24.5 Å². The standard InChI is InChI=1S/C22H28N6O/c1-26(2)13-14-27-16-17(15-23-27)24-22(29)21-19-11-7-4-8-12-20(19)28(25-21)18-9-5-3-6-10-18/h3,5-6,9-10,15-16H,4,7-8,11-14H2,1-2H3,(H,24,29). The number of para-hydroxylation sites is 1. The van der Waals surface area contributed by atoms with Crippen LogP contribution in [0.15, 0.2) is 42.7 Å². The molecule has 0 radical (unpaired) electrons. The molecule has 1 aromatic carbocycles. The van der Waals surface area contributed by atoms with Crippen molar-refractivity contribution in [3.05, 3.63) is 59.7 Å². The van der Waals surface area contributed by atoms with Crippen LogP contribution in [0, 0.1) is 0 Å². The maximum atomic E-state index is 13.1. The molecule has 0 bridgehead atoms. The number of nitrogens with zero attached hydrogens (tertiary/aromatic N) is 5. The maximum absolute atomic E-state index is 13.1. The predicted octanol–water partition coefficient (Wildman–Crippen LogP) is 3.15. The van der Waals surface area contributed by atoms with Crippen LogP contribution in [-0.2, 0) is 19.4 Å². The average Bonchev–Trinajstić information content (AvgIpc) is 3.24. The lowest BCUT2D eigenvalue weighted by atomic mass is 10.1. The lowest BCUT2D eigenvalue weighted by Gasteiger charge is -2.08. The minimum atomic E-state index is -0.162. The summed E-state index contributed by atoms with van der Waals surface area (Å²) in [5.41, 5.74) is 4.49. The Hall–Kier alpha value is -2.93. The second kappa shape index (κ2) is 8.61. The van der Waals surface area contributed by atoms with Crippen LogP contribution in [0.1, 0.15) is 41.0 Å². The van der Waals surface area contributed by atoms with Crippen molar-refractivity contribution in [2.75, 3.05) is 26.0 Å². The highest BCUT2D eigenvalue weighted by Crippen LogP contribution is 2.27. The van der Waals surface area contributed by atoms with Gasteiger partial charge < -0.3 is 10.2 Å². The third-order valence-electron chi connectivity index (χ3n) is 5.31. The second-order valence-electron chi connectivity index (χ2n) is 7.83. The van der Waals surface area contributed by atoms with Gasteiger partial charge in [0.15, 0.2) is 5.69 Å². The number of carbonyl (C=O) groups is 1. The lowest BCUT2D eigenvalue weighted by Crippen LogP contribution is -2.18. The van der Waals surface area contributed by atoms with Gasteiger partial charge >= 0.3 is 0 Å². The highest BCUT2D eigenvalue weighted by molar-refractivity contribution is 6.04. The molecule has 7 nitrogen and oxygen atoms in total. The van der Waals surface area contributed by atoms with Gasteiger partial charge in [-0.25, -0.2) is 4.68 Å². The molecular formula is C22H28N6O. The van der Waals surface area contributed by atoms with Gasteiger partial charge in [-0.2, -0.15) is 10.2 Å². The number of likely N-dealkylation sites (N-methyl/N-ethyl adjacent to an activating group) is 1. The summed E-state index contributed by atoms with van der Waals surface area (Å²) >= 11 is 0. The van der Waals surface area contributed by atoms with E-state index in [9.17, 15) is 4.79 Å². The molecule has 0 saturated carbocycles. The van der Waals surface area contributed by atoms with Crippen LogP contribution in [0.2, 0.25) is 0 Å². The number of aromatic nitrogens is 4. The van der Waals surface area contributed by atoms with Crippen molar-refractivity contribution in [2.24, 2.45) is 0 Å². The van der Waals surface area contributed by atoms with Crippen LogP contribution >= 0.6 is 0 Å². The molecule has 1 N–H and O–H groups in total. The van der Waals surface area contributed by atoms with Crippen molar-refractivity contribution in [2.45, 2.75) is 38.6 Å². The van der Waals surface area contributed by atoms with E-state index in [1.165, 1.54) is 12.1 Å². The maximum Gasteiger partial charge on any atom is 0.276 e. The molecule has 0 unspecified atom stereocenters. The summed E-state index contributed by atoms with van der Waals surface area (Å²) in [6, 6.07) is 10.1. The Morgan fingerprint density at radius 2 is 1.93 bits per heavy atom. The fraction of sp³-hybridized carbons (Fsp3) is 0.409. The normalized spacial score (nSPS) is 13.9. The van der Waals surface area contributed by atoms with Crippen LogP contribution < -0.4 is 5.32 Å². The fourth-order valence-corrected chi connectivity index (χ4v) is 3.78. The van der Waals surface area contributed by atoms with Crippen molar-refractivity contribution < 1.29 is 4.79 Å². The number of hydrogen-bond donors (Lipinski definition) is 1. The first-order valence-electron chi connectivity index (χ1n) is 10.3. The van der Waals surface area contributed by atoms with Crippen LogP contribution in [-0.4, -0.2) is 51.0 Å². The average molecular weight is 393 g/mol. The van der Waals surface area contributed by atoms with E-state index in [1.54, 1.807) is 6.20 Å².